The van der Waals surface area contributed by atoms with E-state index in [-0.39, 0.29) is 54.2 Å². The van der Waals surface area contributed by atoms with Crippen molar-refractivity contribution in [2.75, 3.05) is 0 Å². The van der Waals surface area contributed by atoms with Crippen LogP contribution in [0.25, 0.3) is 32.9 Å². The number of ketones is 1. The Morgan fingerprint density at radius 3 is 2.04 bits per heavy atom. The standard InChI is InChI=1S/C25H24FN2.C15H28O2.Ir/c1-13(2)25-27-23(19-10-14(3)9-15(4)11-19)20-8-7-18-12-16(5)22(26)17(6)21(18)24(20)28-25;1-7-14(5,8-2)12(16)11-13(17)15(6,9-3)10-4;/h7-10,12-13H,1-6H3;11,16H,7-10H2,1-6H3;/q-1;;/b;12-11-;. The van der Waals surface area contributed by atoms with Gasteiger partial charge in [-0.1, -0.05) is 81.4 Å². The molecule has 1 radical (unpaired) electrons. The van der Waals surface area contributed by atoms with Crippen LogP contribution in [0.4, 0.5) is 4.39 Å². The van der Waals surface area contributed by atoms with Crippen molar-refractivity contribution in [1.82, 2.24) is 9.97 Å². The van der Waals surface area contributed by atoms with Gasteiger partial charge in [0.15, 0.2) is 5.78 Å². The number of aliphatic hydroxyl groups is 1. The topological polar surface area (TPSA) is 63.1 Å². The van der Waals surface area contributed by atoms with E-state index in [0.717, 1.165) is 70.0 Å². The second kappa shape index (κ2) is 15.8. The van der Waals surface area contributed by atoms with Gasteiger partial charge in [-0.15, -0.1) is 34.9 Å². The van der Waals surface area contributed by atoms with Crippen molar-refractivity contribution in [2.45, 2.75) is 115 Å². The van der Waals surface area contributed by atoms with E-state index < -0.39 is 0 Å². The monoisotopic (exact) mass is 804 g/mol. The summed E-state index contributed by atoms with van der Waals surface area (Å²) in [7, 11) is 0. The van der Waals surface area contributed by atoms with Crippen LogP contribution in [0, 0.1) is 50.4 Å². The number of allylic oxidation sites excluding steroid dienone is 2. The molecule has 0 bridgehead atoms. The summed E-state index contributed by atoms with van der Waals surface area (Å²) in [5, 5.41) is 12.9. The molecule has 4 nitrogen and oxygen atoms in total. The summed E-state index contributed by atoms with van der Waals surface area (Å²) < 4.78 is 14.7. The summed E-state index contributed by atoms with van der Waals surface area (Å²) in [5.74, 6) is 1.06. The second-order valence-corrected chi connectivity index (χ2v) is 13.5. The fraction of sp³-hybridized carbons (Fsp3) is 0.475. The first-order chi connectivity index (χ1) is 21.0. The van der Waals surface area contributed by atoms with Crippen molar-refractivity contribution in [3.63, 3.8) is 0 Å². The van der Waals surface area contributed by atoms with Gasteiger partial charge in [0.05, 0.1) is 5.52 Å². The van der Waals surface area contributed by atoms with Crippen LogP contribution in [0.1, 0.15) is 115 Å². The minimum Gasteiger partial charge on any atom is -0.512 e. The maximum atomic E-state index is 14.7. The molecule has 4 rings (SSSR count). The number of nitrogens with zero attached hydrogens (tertiary/aromatic N) is 2. The number of fused-ring (bicyclic) bond motifs is 3. The number of carbonyl (C=O) groups excluding carboxylic acids is 1. The Hall–Kier alpha value is -2.95. The van der Waals surface area contributed by atoms with Crippen LogP contribution in [0.3, 0.4) is 0 Å². The zero-order valence-corrected chi connectivity index (χ0v) is 32.2. The van der Waals surface area contributed by atoms with Crippen LogP contribution in [0.2, 0.25) is 0 Å². The maximum Gasteiger partial charge on any atom is 0.164 e. The summed E-state index contributed by atoms with van der Waals surface area (Å²) in [6, 6.07) is 13.6. The minimum atomic E-state index is -0.337. The SMILES string of the molecule is CCC(C)(CC)C(=O)/C=C(\O)C(C)(CC)CC.Cc1[c-]c(-c2nc(C(C)C)nc3c2ccc2cc(C)c(F)c(C)c23)cc(C)c1.[Ir]. The molecule has 0 aliphatic rings. The molecule has 0 saturated heterocycles. The first-order valence-corrected chi connectivity index (χ1v) is 16.4. The van der Waals surface area contributed by atoms with Crippen molar-refractivity contribution in [3.05, 3.63) is 82.1 Å². The van der Waals surface area contributed by atoms with Gasteiger partial charge in [-0.3, -0.25) is 9.78 Å². The molecule has 1 aromatic heterocycles. The van der Waals surface area contributed by atoms with Crippen molar-refractivity contribution in [3.8, 4) is 11.3 Å². The predicted octanol–water partition coefficient (Wildman–Crippen LogP) is 11.4. The van der Waals surface area contributed by atoms with Gasteiger partial charge >= 0.3 is 0 Å². The van der Waals surface area contributed by atoms with E-state index in [0.29, 0.717) is 11.1 Å². The Balaban J connectivity index is 0.000000356. The number of halogens is 1. The second-order valence-electron chi connectivity index (χ2n) is 13.5. The van der Waals surface area contributed by atoms with Gasteiger partial charge in [-0.05, 0) is 73.2 Å². The normalized spacial score (nSPS) is 12.3. The van der Waals surface area contributed by atoms with Crippen LogP contribution in [-0.4, -0.2) is 20.9 Å². The van der Waals surface area contributed by atoms with Gasteiger partial charge in [-0.2, -0.15) is 0 Å². The molecule has 1 N–H and O–H groups in total. The van der Waals surface area contributed by atoms with E-state index in [1.807, 2.05) is 67.5 Å². The summed E-state index contributed by atoms with van der Waals surface area (Å²) >= 11 is 0. The van der Waals surface area contributed by atoms with Crippen molar-refractivity contribution in [1.29, 1.82) is 0 Å². The summed E-state index contributed by atoms with van der Waals surface area (Å²) in [5.41, 5.74) is 5.58. The molecule has 3 aromatic carbocycles. The Morgan fingerprint density at radius 2 is 1.52 bits per heavy atom. The van der Waals surface area contributed by atoms with E-state index in [1.54, 1.807) is 6.92 Å². The van der Waals surface area contributed by atoms with Crippen LogP contribution in [0.15, 0.2) is 42.2 Å². The Morgan fingerprint density at radius 1 is 0.935 bits per heavy atom. The van der Waals surface area contributed by atoms with Crippen LogP contribution in [-0.2, 0) is 24.9 Å². The van der Waals surface area contributed by atoms with E-state index in [2.05, 4.69) is 45.0 Å². The van der Waals surface area contributed by atoms with E-state index >= 15 is 0 Å². The van der Waals surface area contributed by atoms with Gasteiger partial charge < -0.3 is 5.11 Å². The molecular weight excluding hydrogens is 752 g/mol. The van der Waals surface area contributed by atoms with E-state index in [4.69, 9.17) is 9.97 Å². The quantitative estimate of drug-likeness (QED) is 0.0792. The maximum absolute atomic E-state index is 14.7. The Labute approximate surface area is 289 Å². The van der Waals surface area contributed by atoms with Gasteiger partial charge in [0.2, 0.25) is 0 Å². The molecule has 0 atom stereocenters. The third-order valence-corrected chi connectivity index (χ3v) is 9.86. The van der Waals surface area contributed by atoms with Gasteiger partial charge in [0, 0.05) is 48.3 Å². The Bertz CT molecular complexity index is 1710. The first-order valence-electron chi connectivity index (χ1n) is 16.4. The number of hydrogen-bond donors (Lipinski definition) is 1. The molecule has 0 amide bonds. The van der Waals surface area contributed by atoms with Gasteiger partial charge in [0.25, 0.3) is 0 Å². The molecule has 4 aromatic rings. The number of aliphatic hydroxyl groups excluding tert-OH is 1. The van der Waals surface area contributed by atoms with E-state index in [1.165, 1.54) is 11.6 Å². The molecule has 46 heavy (non-hydrogen) atoms. The van der Waals surface area contributed by atoms with Gasteiger partial charge in [-0.25, -0.2) is 9.37 Å². The van der Waals surface area contributed by atoms with Crippen LogP contribution >= 0.6 is 0 Å². The molecule has 1 heterocycles. The van der Waals surface area contributed by atoms with Crippen LogP contribution in [0.5, 0.6) is 0 Å². The molecule has 0 aliphatic heterocycles. The fourth-order valence-electron chi connectivity index (χ4n) is 5.61. The minimum absolute atomic E-state index is 0. The average Bonchev–Trinajstić information content (AvgIpc) is 3.01. The number of aryl methyl sites for hydroxylation is 4. The summed E-state index contributed by atoms with van der Waals surface area (Å²) in [6.45, 7) is 24.0. The zero-order valence-electron chi connectivity index (χ0n) is 29.8. The van der Waals surface area contributed by atoms with Crippen molar-refractivity contribution < 1.29 is 34.4 Å². The molecule has 0 unspecified atom stereocenters. The smallest absolute Gasteiger partial charge is 0.164 e. The van der Waals surface area contributed by atoms with Crippen LogP contribution < -0.4 is 0 Å². The molecular formula is C40H52FIrN2O2-. The zero-order chi connectivity index (χ0) is 33.9. The molecule has 0 saturated carbocycles. The number of aromatic nitrogens is 2. The molecule has 6 heteroatoms. The third kappa shape index (κ3) is 8.12. The van der Waals surface area contributed by atoms with E-state index in [9.17, 15) is 14.3 Å². The van der Waals surface area contributed by atoms with Crippen molar-refractivity contribution >= 4 is 27.5 Å². The average molecular weight is 804 g/mol. The molecule has 0 fully saturated rings. The number of benzene rings is 3. The third-order valence-electron chi connectivity index (χ3n) is 9.86. The summed E-state index contributed by atoms with van der Waals surface area (Å²) in [6.07, 6.45) is 4.75. The predicted molar refractivity (Wildman–Crippen MR) is 187 cm³/mol. The molecule has 0 spiro atoms. The summed E-state index contributed by atoms with van der Waals surface area (Å²) in [4.78, 5) is 21.9. The number of carbonyl (C=O) groups is 1. The number of rotatable bonds is 9. The molecule has 0 aliphatic carbocycles. The fourth-order valence-corrected chi connectivity index (χ4v) is 5.61. The molecule has 251 valence electrons. The van der Waals surface area contributed by atoms with Crippen molar-refractivity contribution in [2.24, 2.45) is 10.8 Å². The number of hydrogen-bond acceptors (Lipinski definition) is 4. The largest absolute Gasteiger partial charge is 0.512 e. The first kappa shape index (κ1) is 39.2. The Kier molecular flexibility index (Phi) is 13.4. The van der Waals surface area contributed by atoms with Gasteiger partial charge in [0.1, 0.15) is 17.4 Å².